The third-order valence-corrected chi connectivity index (χ3v) is 5.92. The molecule has 0 saturated carbocycles. The van der Waals surface area contributed by atoms with E-state index < -0.39 is 5.82 Å². The molecule has 0 unspecified atom stereocenters. The van der Waals surface area contributed by atoms with Crippen molar-refractivity contribution in [2.75, 3.05) is 27.2 Å². The van der Waals surface area contributed by atoms with E-state index in [4.69, 9.17) is 0 Å². The lowest BCUT2D eigenvalue weighted by Gasteiger charge is -2.10. The number of rotatable bonds is 7. The van der Waals surface area contributed by atoms with E-state index in [9.17, 15) is 4.79 Å². The Morgan fingerprint density at radius 1 is 1.06 bits per heavy atom. The molecule has 0 spiro atoms. The maximum atomic E-state index is 15.2. The van der Waals surface area contributed by atoms with Crippen molar-refractivity contribution in [1.29, 1.82) is 0 Å². The number of benzene rings is 1. The molecule has 5 aromatic rings. The Hall–Kier alpha value is -4.17. The highest BCUT2D eigenvalue weighted by molar-refractivity contribution is 6.13. The zero-order valence-corrected chi connectivity index (χ0v) is 19.5. The van der Waals surface area contributed by atoms with Crippen molar-refractivity contribution in [3.63, 3.8) is 0 Å². The highest BCUT2D eigenvalue weighted by Crippen LogP contribution is 2.36. The average molecular weight is 469 g/mol. The average Bonchev–Trinajstić information content (AvgIpc) is 3.25. The summed E-state index contributed by atoms with van der Waals surface area (Å²) in [6, 6.07) is 12.7. The molecule has 0 saturated heterocycles. The molecule has 8 heteroatoms. The molecule has 2 N–H and O–H groups in total. The molecule has 0 aliphatic rings. The summed E-state index contributed by atoms with van der Waals surface area (Å²) in [4.78, 5) is 30.8. The highest BCUT2D eigenvalue weighted by Gasteiger charge is 2.18. The Balaban J connectivity index is 1.51. The molecule has 4 heterocycles. The van der Waals surface area contributed by atoms with Crippen LogP contribution in [0.4, 0.5) is 4.39 Å². The number of carbonyl (C=O) groups excluding carboxylic acids is 1. The number of aromatic amines is 1. The van der Waals surface area contributed by atoms with Gasteiger partial charge in [-0.15, -0.1) is 0 Å². The smallest absolute Gasteiger partial charge is 0.251 e. The van der Waals surface area contributed by atoms with Crippen LogP contribution in [-0.2, 0) is 0 Å². The molecule has 0 aliphatic heterocycles. The maximum absolute atomic E-state index is 15.2. The van der Waals surface area contributed by atoms with Gasteiger partial charge in [-0.05, 0) is 63.0 Å². The fourth-order valence-corrected chi connectivity index (χ4v) is 4.18. The number of amides is 1. The fourth-order valence-electron chi connectivity index (χ4n) is 4.18. The summed E-state index contributed by atoms with van der Waals surface area (Å²) < 4.78 is 15.2. The predicted octanol–water partition coefficient (Wildman–Crippen LogP) is 4.66. The minimum absolute atomic E-state index is 0.144. The van der Waals surface area contributed by atoms with Crippen LogP contribution in [0.25, 0.3) is 44.3 Å². The lowest BCUT2D eigenvalue weighted by molar-refractivity contribution is 0.0952. The molecule has 5 rings (SSSR count). The van der Waals surface area contributed by atoms with Gasteiger partial charge in [-0.1, -0.05) is 12.1 Å². The van der Waals surface area contributed by atoms with Gasteiger partial charge >= 0.3 is 0 Å². The molecule has 0 radical (unpaired) electrons. The van der Waals surface area contributed by atoms with Crippen molar-refractivity contribution in [1.82, 2.24) is 30.2 Å². The van der Waals surface area contributed by atoms with E-state index in [1.807, 2.05) is 32.3 Å². The van der Waals surface area contributed by atoms with Crippen molar-refractivity contribution < 1.29 is 9.18 Å². The SMILES string of the molecule is CN(C)CCCNC(=O)c1ccc(-c2c(F)cnc3[nH]c4cnc(-c5cccnc5)cc4c23)cc1. The summed E-state index contributed by atoms with van der Waals surface area (Å²) >= 11 is 0. The van der Waals surface area contributed by atoms with Crippen LogP contribution in [0.2, 0.25) is 0 Å². The Morgan fingerprint density at radius 2 is 1.89 bits per heavy atom. The molecule has 1 aromatic carbocycles. The van der Waals surface area contributed by atoms with Gasteiger partial charge < -0.3 is 15.2 Å². The Morgan fingerprint density at radius 3 is 2.63 bits per heavy atom. The number of nitrogens with zero attached hydrogens (tertiary/aromatic N) is 4. The molecule has 0 aliphatic carbocycles. The van der Waals surface area contributed by atoms with Crippen LogP contribution >= 0.6 is 0 Å². The van der Waals surface area contributed by atoms with Crippen molar-refractivity contribution in [3.05, 3.63) is 78.6 Å². The van der Waals surface area contributed by atoms with Gasteiger partial charge in [0, 0.05) is 46.4 Å². The third-order valence-electron chi connectivity index (χ3n) is 5.92. The van der Waals surface area contributed by atoms with Gasteiger partial charge in [0.15, 0.2) is 0 Å². The van der Waals surface area contributed by atoms with Crippen LogP contribution in [0.1, 0.15) is 16.8 Å². The lowest BCUT2D eigenvalue weighted by atomic mass is 9.99. The van der Waals surface area contributed by atoms with Crippen LogP contribution in [0.3, 0.4) is 0 Å². The molecule has 0 fully saturated rings. The van der Waals surface area contributed by atoms with Gasteiger partial charge in [0.05, 0.1) is 23.6 Å². The monoisotopic (exact) mass is 468 g/mol. The van der Waals surface area contributed by atoms with E-state index in [2.05, 4.69) is 30.2 Å². The molecule has 7 nitrogen and oxygen atoms in total. The predicted molar refractivity (Wildman–Crippen MR) is 136 cm³/mol. The van der Waals surface area contributed by atoms with Gasteiger partial charge in [0.2, 0.25) is 0 Å². The summed E-state index contributed by atoms with van der Waals surface area (Å²) in [5.74, 6) is -0.575. The normalized spacial score (nSPS) is 11.4. The number of H-pyrrole nitrogens is 1. The number of aromatic nitrogens is 4. The van der Waals surface area contributed by atoms with Crippen LogP contribution in [0.5, 0.6) is 0 Å². The summed E-state index contributed by atoms with van der Waals surface area (Å²) in [6.45, 7) is 1.50. The van der Waals surface area contributed by atoms with E-state index in [0.717, 1.165) is 35.1 Å². The Labute approximate surface area is 202 Å². The van der Waals surface area contributed by atoms with Gasteiger partial charge in [0.1, 0.15) is 11.5 Å². The summed E-state index contributed by atoms with van der Waals surface area (Å²) in [5.41, 5.74) is 4.58. The van der Waals surface area contributed by atoms with Crippen LogP contribution < -0.4 is 5.32 Å². The van der Waals surface area contributed by atoms with Crippen molar-refractivity contribution in [2.24, 2.45) is 0 Å². The first-order chi connectivity index (χ1) is 17.0. The molecule has 0 bridgehead atoms. The number of hydrogen-bond donors (Lipinski definition) is 2. The van der Waals surface area contributed by atoms with Crippen LogP contribution in [0, 0.1) is 5.82 Å². The molecule has 4 aromatic heterocycles. The second kappa shape index (κ2) is 9.60. The van der Waals surface area contributed by atoms with Gasteiger partial charge in [0.25, 0.3) is 5.91 Å². The summed E-state index contributed by atoms with van der Waals surface area (Å²) in [5, 5.41) is 4.42. The number of nitrogens with one attached hydrogen (secondary N) is 2. The zero-order valence-electron chi connectivity index (χ0n) is 19.5. The first kappa shape index (κ1) is 22.6. The first-order valence-electron chi connectivity index (χ1n) is 11.4. The standard InChI is InChI=1S/C27H25FN6O/c1-34(2)12-4-11-30-27(35)18-8-6-17(7-9-18)24-21(28)15-32-26-25(24)20-13-22(31-16-23(20)33-26)19-5-3-10-29-14-19/h3,5-10,13-16H,4,11-12H2,1-2H3,(H,30,35)(H,32,33). The first-order valence-corrected chi connectivity index (χ1v) is 11.4. The van der Waals surface area contributed by atoms with Crippen molar-refractivity contribution in [2.45, 2.75) is 6.42 Å². The van der Waals surface area contributed by atoms with Crippen molar-refractivity contribution >= 4 is 27.8 Å². The van der Waals surface area contributed by atoms with Crippen LogP contribution in [-0.4, -0.2) is 57.9 Å². The second-order valence-corrected chi connectivity index (χ2v) is 8.68. The minimum atomic E-state index is -0.431. The quantitative estimate of drug-likeness (QED) is 0.339. The Bertz CT molecular complexity index is 1500. The zero-order chi connectivity index (χ0) is 24.4. The summed E-state index contributed by atoms with van der Waals surface area (Å²) in [7, 11) is 4.00. The number of carbonyl (C=O) groups is 1. The van der Waals surface area contributed by atoms with E-state index in [0.29, 0.717) is 34.3 Å². The van der Waals surface area contributed by atoms with Gasteiger partial charge in [-0.2, -0.15) is 0 Å². The number of hydrogen-bond acceptors (Lipinski definition) is 5. The summed E-state index contributed by atoms with van der Waals surface area (Å²) in [6.07, 6.45) is 7.26. The Kier molecular flexibility index (Phi) is 6.20. The van der Waals surface area contributed by atoms with Crippen LogP contribution in [0.15, 0.2) is 67.3 Å². The number of fused-ring (bicyclic) bond motifs is 3. The molecule has 35 heavy (non-hydrogen) atoms. The van der Waals surface area contributed by atoms with Gasteiger partial charge in [-0.3, -0.25) is 14.8 Å². The molecule has 1 amide bonds. The third kappa shape index (κ3) is 4.61. The van der Waals surface area contributed by atoms with Gasteiger partial charge in [-0.25, -0.2) is 9.37 Å². The topological polar surface area (TPSA) is 86.8 Å². The molecule has 176 valence electrons. The minimum Gasteiger partial charge on any atom is -0.352 e. The number of halogens is 1. The lowest BCUT2D eigenvalue weighted by Crippen LogP contribution is -2.27. The highest BCUT2D eigenvalue weighted by atomic mass is 19.1. The fraction of sp³-hybridized carbons (Fsp3) is 0.185. The number of pyridine rings is 3. The second-order valence-electron chi connectivity index (χ2n) is 8.68. The molecular weight excluding hydrogens is 443 g/mol. The van der Waals surface area contributed by atoms with E-state index in [-0.39, 0.29) is 5.91 Å². The van der Waals surface area contributed by atoms with E-state index >= 15 is 4.39 Å². The van der Waals surface area contributed by atoms with E-state index in [1.54, 1.807) is 42.9 Å². The maximum Gasteiger partial charge on any atom is 0.251 e. The molecule has 0 atom stereocenters. The molecular formula is C27H25FN6O. The van der Waals surface area contributed by atoms with Crippen molar-refractivity contribution in [3.8, 4) is 22.4 Å². The largest absolute Gasteiger partial charge is 0.352 e. The van der Waals surface area contributed by atoms with E-state index in [1.165, 1.54) is 6.20 Å².